The van der Waals surface area contributed by atoms with E-state index in [9.17, 15) is 0 Å². The molecule has 0 radical (unpaired) electrons. The highest BCUT2D eigenvalue weighted by molar-refractivity contribution is 5.43. The first-order valence-corrected chi connectivity index (χ1v) is 8.10. The molecule has 0 heterocycles. The number of hydrogen-bond donors (Lipinski definition) is 1. The molecule has 118 valence electrons. The lowest BCUT2D eigenvalue weighted by molar-refractivity contribution is 0.143. The van der Waals surface area contributed by atoms with Gasteiger partial charge in [-0.25, -0.2) is 0 Å². The molecular weight excluding hydrogens is 262 g/mol. The lowest BCUT2D eigenvalue weighted by atomic mass is 9.68. The van der Waals surface area contributed by atoms with Crippen molar-refractivity contribution >= 4 is 0 Å². The normalized spacial score (nSPS) is 19.0. The van der Waals surface area contributed by atoms with E-state index in [1.54, 1.807) is 14.2 Å². The van der Waals surface area contributed by atoms with Crippen molar-refractivity contribution in [2.45, 2.75) is 52.0 Å². The Labute approximate surface area is 129 Å². The highest BCUT2D eigenvalue weighted by Crippen LogP contribution is 2.48. The fourth-order valence-electron chi connectivity index (χ4n) is 3.65. The second kappa shape index (κ2) is 7.17. The average molecular weight is 291 g/mol. The van der Waals surface area contributed by atoms with Crippen LogP contribution in [0.5, 0.6) is 11.5 Å². The molecule has 21 heavy (non-hydrogen) atoms. The molecule has 1 aromatic rings. The Morgan fingerprint density at radius 1 is 1.14 bits per heavy atom. The molecule has 0 spiro atoms. The maximum absolute atomic E-state index is 5.61. The molecule has 0 bridgehead atoms. The van der Waals surface area contributed by atoms with Gasteiger partial charge in [0.05, 0.1) is 14.2 Å². The smallest absolute Gasteiger partial charge is 0.123 e. The molecule has 0 aromatic heterocycles. The van der Waals surface area contributed by atoms with E-state index in [-0.39, 0.29) is 5.41 Å². The van der Waals surface area contributed by atoms with Crippen LogP contribution in [0.3, 0.4) is 0 Å². The van der Waals surface area contributed by atoms with Crippen LogP contribution < -0.4 is 14.8 Å². The van der Waals surface area contributed by atoms with Crippen molar-refractivity contribution in [1.29, 1.82) is 0 Å². The number of rotatable bonds is 6. The third-order valence-electron chi connectivity index (χ3n) is 4.85. The quantitative estimate of drug-likeness (QED) is 0.846. The number of benzene rings is 1. The Bertz CT molecular complexity index is 453. The third kappa shape index (κ3) is 3.52. The molecule has 1 aromatic carbocycles. The summed E-state index contributed by atoms with van der Waals surface area (Å²) in [7, 11) is 3.47. The molecule has 1 fully saturated rings. The summed E-state index contributed by atoms with van der Waals surface area (Å²) in [6.07, 6.45) is 6.55. The highest BCUT2D eigenvalue weighted by Gasteiger charge is 2.37. The number of nitrogens with one attached hydrogen (secondary N) is 1. The molecule has 1 aliphatic carbocycles. The Balaban J connectivity index is 2.41. The van der Waals surface area contributed by atoms with E-state index in [1.807, 2.05) is 12.1 Å². The van der Waals surface area contributed by atoms with Crippen molar-refractivity contribution in [3.8, 4) is 11.5 Å². The Kier molecular flexibility index (Phi) is 5.51. The van der Waals surface area contributed by atoms with Gasteiger partial charge < -0.3 is 14.8 Å². The zero-order valence-corrected chi connectivity index (χ0v) is 13.9. The van der Waals surface area contributed by atoms with E-state index in [0.29, 0.717) is 6.04 Å². The molecule has 1 aliphatic rings. The van der Waals surface area contributed by atoms with Gasteiger partial charge in [-0.3, -0.25) is 0 Å². The van der Waals surface area contributed by atoms with Crippen LogP contribution in [0.1, 0.15) is 57.6 Å². The molecule has 1 unspecified atom stereocenters. The van der Waals surface area contributed by atoms with Crippen LogP contribution in [-0.2, 0) is 0 Å². The van der Waals surface area contributed by atoms with E-state index in [1.165, 1.54) is 37.7 Å². The molecule has 3 nitrogen and oxygen atoms in total. The van der Waals surface area contributed by atoms with Crippen molar-refractivity contribution in [1.82, 2.24) is 5.32 Å². The second-order valence-electron chi connectivity index (χ2n) is 6.31. The minimum absolute atomic E-state index is 0.286. The molecular formula is C18H29NO2. The standard InChI is InChI=1S/C18H29NO2/c1-5-19-17(18(2)11-7-6-8-12-18)15-13-14(20-3)9-10-16(15)21-4/h9-10,13,17,19H,5-8,11-12H2,1-4H3. The molecule has 2 rings (SSSR count). The van der Waals surface area contributed by atoms with Crippen LogP contribution in [0.2, 0.25) is 0 Å². The van der Waals surface area contributed by atoms with Crippen LogP contribution >= 0.6 is 0 Å². The number of ether oxygens (including phenoxy) is 2. The van der Waals surface area contributed by atoms with Crippen molar-refractivity contribution in [3.05, 3.63) is 23.8 Å². The van der Waals surface area contributed by atoms with Gasteiger partial charge in [0.1, 0.15) is 11.5 Å². The Hall–Kier alpha value is -1.22. The summed E-state index contributed by atoms with van der Waals surface area (Å²) in [4.78, 5) is 0. The first kappa shape index (κ1) is 16.2. The first-order chi connectivity index (χ1) is 10.1. The molecule has 1 saturated carbocycles. The van der Waals surface area contributed by atoms with Crippen molar-refractivity contribution in [2.75, 3.05) is 20.8 Å². The van der Waals surface area contributed by atoms with Crippen molar-refractivity contribution in [3.63, 3.8) is 0 Å². The van der Waals surface area contributed by atoms with Gasteiger partial charge >= 0.3 is 0 Å². The van der Waals surface area contributed by atoms with Gasteiger partial charge in [-0.15, -0.1) is 0 Å². The van der Waals surface area contributed by atoms with Crippen molar-refractivity contribution < 1.29 is 9.47 Å². The molecule has 0 saturated heterocycles. The summed E-state index contributed by atoms with van der Waals surface area (Å²) in [6, 6.07) is 6.43. The predicted molar refractivity (Wildman–Crippen MR) is 87.2 cm³/mol. The SMILES string of the molecule is CCNC(c1cc(OC)ccc1OC)C1(C)CCCCC1. The Morgan fingerprint density at radius 2 is 1.86 bits per heavy atom. The van der Waals surface area contributed by atoms with E-state index >= 15 is 0 Å². The zero-order chi connectivity index (χ0) is 15.3. The molecule has 1 N–H and O–H groups in total. The highest BCUT2D eigenvalue weighted by atomic mass is 16.5. The van der Waals surface area contributed by atoms with Crippen molar-refractivity contribution in [2.24, 2.45) is 5.41 Å². The molecule has 0 aliphatic heterocycles. The number of hydrogen-bond acceptors (Lipinski definition) is 3. The van der Waals surface area contributed by atoms with E-state index in [0.717, 1.165) is 18.0 Å². The van der Waals surface area contributed by atoms with Crippen LogP contribution in [0.15, 0.2) is 18.2 Å². The van der Waals surface area contributed by atoms with E-state index in [2.05, 4.69) is 25.2 Å². The largest absolute Gasteiger partial charge is 0.497 e. The maximum Gasteiger partial charge on any atom is 0.123 e. The fourth-order valence-corrected chi connectivity index (χ4v) is 3.65. The average Bonchev–Trinajstić information content (AvgIpc) is 2.52. The predicted octanol–water partition coefficient (Wildman–Crippen LogP) is 4.32. The topological polar surface area (TPSA) is 30.5 Å². The third-order valence-corrected chi connectivity index (χ3v) is 4.85. The Morgan fingerprint density at radius 3 is 2.43 bits per heavy atom. The summed E-state index contributed by atoms with van der Waals surface area (Å²) < 4.78 is 11.0. The van der Waals surface area contributed by atoms with Gasteiger partial charge in [0.2, 0.25) is 0 Å². The minimum Gasteiger partial charge on any atom is -0.497 e. The van der Waals surface area contributed by atoms with Gasteiger partial charge in [0, 0.05) is 11.6 Å². The minimum atomic E-state index is 0.286. The number of methoxy groups -OCH3 is 2. The molecule has 0 amide bonds. The van der Waals surface area contributed by atoms with Gasteiger partial charge in [-0.05, 0) is 43.0 Å². The fraction of sp³-hybridized carbons (Fsp3) is 0.667. The molecule has 1 atom stereocenters. The summed E-state index contributed by atoms with van der Waals surface area (Å²) in [6.45, 7) is 5.55. The van der Waals surface area contributed by atoms with Gasteiger partial charge in [0.15, 0.2) is 0 Å². The zero-order valence-electron chi connectivity index (χ0n) is 13.9. The van der Waals surface area contributed by atoms with Gasteiger partial charge in [-0.2, -0.15) is 0 Å². The lowest BCUT2D eigenvalue weighted by Crippen LogP contribution is -2.38. The van der Waals surface area contributed by atoms with Crippen LogP contribution in [-0.4, -0.2) is 20.8 Å². The summed E-state index contributed by atoms with van der Waals surface area (Å²) in [5, 5.41) is 3.70. The summed E-state index contributed by atoms with van der Waals surface area (Å²) in [5.41, 5.74) is 1.51. The monoisotopic (exact) mass is 291 g/mol. The van der Waals surface area contributed by atoms with Gasteiger partial charge in [0.25, 0.3) is 0 Å². The van der Waals surface area contributed by atoms with Crippen LogP contribution in [0.25, 0.3) is 0 Å². The van der Waals surface area contributed by atoms with E-state index < -0.39 is 0 Å². The summed E-state index contributed by atoms with van der Waals surface area (Å²) in [5.74, 6) is 1.85. The van der Waals surface area contributed by atoms with Crippen LogP contribution in [0, 0.1) is 5.41 Å². The summed E-state index contributed by atoms with van der Waals surface area (Å²) >= 11 is 0. The van der Waals surface area contributed by atoms with Gasteiger partial charge in [-0.1, -0.05) is 33.1 Å². The molecule has 3 heteroatoms. The second-order valence-corrected chi connectivity index (χ2v) is 6.31. The lowest BCUT2D eigenvalue weighted by Gasteiger charge is -2.42. The van der Waals surface area contributed by atoms with E-state index in [4.69, 9.17) is 9.47 Å². The first-order valence-electron chi connectivity index (χ1n) is 8.10. The van der Waals surface area contributed by atoms with Crippen LogP contribution in [0.4, 0.5) is 0 Å². The maximum atomic E-state index is 5.61.